The minimum atomic E-state index is 1.01. The first-order valence-corrected chi connectivity index (χ1v) is 5.93. The lowest BCUT2D eigenvalue weighted by Gasteiger charge is -2.12. The maximum Gasteiger partial charge on any atom is 0.0595 e. The highest BCUT2D eigenvalue weighted by Crippen LogP contribution is 2.27. The van der Waals surface area contributed by atoms with Crippen molar-refractivity contribution in [2.75, 3.05) is 6.54 Å². The second-order valence-electron chi connectivity index (χ2n) is 3.67. The van der Waals surface area contributed by atoms with Crippen molar-refractivity contribution in [2.45, 2.75) is 13.0 Å². The van der Waals surface area contributed by atoms with Crippen molar-refractivity contribution in [1.82, 2.24) is 10.3 Å². The quantitative estimate of drug-likeness (QED) is 0.718. The molecule has 2 aromatic rings. The predicted molar refractivity (Wildman–Crippen MR) is 66.4 cm³/mol. The standard InChI is InChI=1S/C11H11IN2/c12-9-3-1-2-7-8-6-13-5-4-10(8)14-11(7)9/h1-3,13-14H,4-6H2. The largest absolute Gasteiger partial charge is 0.357 e. The molecular weight excluding hydrogens is 287 g/mol. The number of hydrogen-bond donors (Lipinski definition) is 2. The smallest absolute Gasteiger partial charge is 0.0595 e. The Labute approximate surface area is 96.2 Å². The molecule has 0 aliphatic carbocycles. The van der Waals surface area contributed by atoms with E-state index in [4.69, 9.17) is 0 Å². The van der Waals surface area contributed by atoms with Crippen LogP contribution in [0.5, 0.6) is 0 Å². The predicted octanol–water partition coefficient (Wildman–Crippen LogP) is 2.42. The van der Waals surface area contributed by atoms with E-state index < -0.39 is 0 Å². The minimum Gasteiger partial charge on any atom is -0.357 e. The van der Waals surface area contributed by atoms with Gasteiger partial charge in [-0.05, 0) is 34.2 Å². The van der Waals surface area contributed by atoms with Crippen LogP contribution in [0, 0.1) is 3.57 Å². The fourth-order valence-electron chi connectivity index (χ4n) is 2.13. The molecule has 0 saturated heterocycles. The zero-order valence-corrected chi connectivity index (χ0v) is 9.89. The van der Waals surface area contributed by atoms with E-state index in [2.05, 4.69) is 51.1 Å². The van der Waals surface area contributed by atoms with Crippen LogP contribution in [-0.2, 0) is 13.0 Å². The molecule has 0 unspecified atom stereocenters. The Morgan fingerprint density at radius 1 is 1.29 bits per heavy atom. The monoisotopic (exact) mass is 298 g/mol. The maximum absolute atomic E-state index is 3.54. The van der Waals surface area contributed by atoms with E-state index >= 15 is 0 Å². The van der Waals surface area contributed by atoms with Gasteiger partial charge in [-0.15, -0.1) is 0 Å². The Kier molecular flexibility index (Phi) is 2.02. The molecule has 2 nitrogen and oxygen atoms in total. The van der Waals surface area contributed by atoms with Crippen molar-refractivity contribution >= 4 is 33.5 Å². The third kappa shape index (κ3) is 1.19. The third-order valence-corrected chi connectivity index (χ3v) is 3.73. The van der Waals surface area contributed by atoms with Gasteiger partial charge in [0.1, 0.15) is 0 Å². The molecule has 0 bridgehead atoms. The Bertz CT molecular complexity index is 487. The van der Waals surface area contributed by atoms with E-state index in [0.29, 0.717) is 0 Å². The number of nitrogens with one attached hydrogen (secondary N) is 2. The molecule has 1 aromatic carbocycles. The van der Waals surface area contributed by atoms with E-state index in [9.17, 15) is 0 Å². The number of para-hydroxylation sites is 1. The summed E-state index contributed by atoms with van der Waals surface area (Å²) in [6.45, 7) is 2.10. The fourth-order valence-corrected chi connectivity index (χ4v) is 2.77. The van der Waals surface area contributed by atoms with Crippen LogP contribution in [0.25, 0.3) is 10.9 Å². The average Bonchev–Trinajstić information content (AvgIpc) is 2.59. The molecule has 2 heterocycles. The summed E-state index contributed by atoms with van der Waals surface area (Å²) < 4.78 is 1.31. The van der Waals surface area contributed by atoms with E-state index in [0.717, 1.165) is 19.5 Å². The molecule has 0 fully saturated rings. The van der Waals surface area contributed by atoms with Gasteiger partial charge in [0.05, 0.1) is 5.52 Å². The number of halogens is 1. The highest BCUT2D eigenvalue weighted by molar-refractivity contribution is 14.1. The summed E-state index contributed by atoms with van der Waals surface area (Å²) in [5.74, 6) is 0. The van der Waals surface area contributed by atoms with Gasteiger partial charge in [0.2, 0.25) is 0 Å². The van der Waals surface area contributed by atoms with E-state index in [1.165, 1.54) is 25.7 Å². The van der Waals surface area contributed by atoms with E-state index in [1.807, 2.05) is 0 Å². The van der Waals surface area contributed by atoms with Crippen LogP contribution < -0.4 is 5.32 Å². The average molecular weight is 298 g/mol. The van der Waals surface area contributed by atoms with Gasteiger partial charge in [-0.1, -0.05) is 12.1 Å². The van der Waals surface area contributed by atoms with Gasteiger partial charge < -0.3 is 10.3 Å². The maximum atomic E-state index is 3.54. The zero-order chi connectivity index (χ0) is 9.54. The first-order valence-electron chi connectivity index (χ1n) is 4.85. The van der Waals surface area contributed by atoms with Crippen LogP contribution in [0.1, 0.15) is 11.3 Å². The van der Waals surface area contributed by atoms with E-state index in [-0.39, 0.29) is 0 Å². The molecule has 1 aliphatic heterocycles. The Balaban J connectivity index is 2.36. The summed E-state index contributed by atoms with van der Waals surface area (Å²) in [6, 6.07) is 6.49. The van der Waals surface area contributed by atoms with Crippen LogP contribution in [0.4, 0.5) is 0 Å². The molecule has 3 heteroatoms. The molecule has 1 aromatic heterocycles. The van der Waals surface area contributed by atoms with Crippen molar-refractivity contribution in [3.63, 3.8) is 0 Å². The highest BCUT2D eigenvalue weighted by Gasteiger charge is 2.15. The first-order chi connectivity index (χ1) is 6.86. The number of fused-ring (bicyclic) bond motifs is 3. The lowest BCUT2D eigenvalue weighted by molar-refractivity contribution is 0.641. The second kappa shape index (κ2) is 3.24. The number of rotatable bonds is 0. The number of aromatic amines is 1. The topological polar surface area (TPSA) is 27.8 Å². The Hall–Kier alpha value is -0.550. The molecule has 0 saturated carbocycles. The van der Waals surface area contributed by atoms with Gasteiger partial charge in [0.25, 0.3) is 0 Å². The highest BCUT2D eigenvalue weighted by atomic mass is 127. The van der Waals surface area contributed by atoms with Gasteiger partial charge >= 0.3 is 0 Å². The van der Waals surface area contributed by atoms with Crippen LogP contribution in [-0.4, -0.2) is 11.5 Å². The van der Waals surface area contributed by atoms with Crippen molar-refractivity contribution in [3.05, 3.63) is 33.0 Å². The fraction of sp³-hybridized carbons (Fsp3) is 0.273. The van der Waals surface area contributed by atoms with Crippen LogP contribution in [0.2, 0.25) is 0 Å². The minimum absolute atomic E-state index is 1.01. The summed E-state index contributed by atoms with van der Waals surface area (Å²) in [4.78, 5) is 3.54. The number of benzene rings is 1. The molecule has 72 valence electrons. The molecule has 14 heavy (non-hydrogen) atoms. The molecule has 0 amide bonds. The summed E-state index contributed by atoms with van der Waals surface area (Å²) in [6.07, 6.45) is 1.13. The number of aromatic nitrogens is 1. The molecule has 0 atom stereocenters. The summed E-state index contributed by atoms with van der Waals surface area (Å²) in [5, 5.41) is 4.80. The van der Waals surface area contributed by atoms with Crippen LogP contribution in [0.3, 0.4) is 0 Å². The van der Waals surface area contributed by atoms with Crippen molar-refractivity contribution in [3.8, 4) is 0 Å². The van der Waals surface area contributed by atoms with Gasteiger partial charge in [0.15, 0.2) is 0 Å². The Morgan fingerprint density at radius 2 is 2.21 bits per heavy atom. The normalized spacial score (nSPS) is 15.8. The summed E-state index contributed by atoms with van der Waals surface area (Å²) in [7, 11) is 0. The van der Waals surface area contributed by atoms with Crippen LogP contribution >= 0.6 is 22.6 Å². The summed E-state index contributed by atoms with van der Waals surface area (Å²) >= 11 is 2.39. The van der Waals surface area contributed by atoms with Crippen molar-refractivity contribution in [1.29, 1.82) is 0 Å². The lowest BCUT2D eigenvalue weighted by Crippen LogP contribution is -2.22. The molecule has 1 aliphatic rings. The lowest BCUT2D eigenvalue weighted by atomic mass is 10.1. The SMILES string of the molecule is Ic1cccc2c3c([nH]c12)CCNC3. The van der Waals surface area contributed by atoms with Crippen molar-refractivity contribution < 1.29 is 0 Å². The van der Waals surface area contributed by atoms with Gasteiger partial charge in [-0.25, -0.2) is 0 Å². The molecule has 0 spiro atoms. The summed E-state index contributed by atoms with van der Waals surface area (Å²) in [5.41, 5.74) is 4.19. The third-order valence-electron chi connectivity index (χ3n) is 2.83. The van der Waals surface area contributed by atoms with Crippen LogP contribution in [0.15, 0.2) is 18.2 Å². The van der Waals surface area contributed by atoms with Crippen molar-refractivity contribution in [2.24, 2.45) is 0 Å². The zero-order valence-electron chi connectivity index (χ0n) is 7.73. The molecule has 0 radical (unpaired) electrons. The first kappa shape index (κ1) is 8.73. The Morgan fingerprint density at radius 3 is 3.14 bits per heavy atom. The molecular formula is C11H11IN2. The number of H-pyrrole nitrogens is 1. The van der Waals surface area contributed by atoms with E-state index in [1.54, 1.807) is 0 Å². The van der Waals surface area contributed by atoms with Gasteiger partial charge in [-0.2, -0.15) is 0 Å². The van der Waals surface area contributed by atoms with Gasteiger partial charge in [0, 0.05) is 34.2 Å². The van der Waals surface area contributed by atoms with Gasteiger partial charge in [-0.3, -0.25) is 0 Å². The number of hydrogen-bond acceptors (Lipinski definition) is 1. The second-order valence-corrected chi connectivity index (χ2v) is 4.83. The molecule has 3 rings (SSSR count). The molecule has 2 N–H and O–H groups in total.